The Labute approximate surface area is 90.8 Å². The molecule has 1 aromatic heterocycles. The number of aromatic hydroxyl groups is 1. The lowest BCUT2D eigenvalue weighted by molar-refractivity contribution is 0.471. The second-order valence-corrected chi connectivity index (χ2v) is 3.23. The topological polar surface area (TPSA) is 50.2 Å². The van der Waals surface area contributed by atoms with Gasteiger partial charge in [-0.2, -0.15) is 0 Å². The van der Waals surface area contributed by atoms with Gasteiger partial charge in [0, 0.05) is 5.56 Å². The predicted octanol–water partition coefficient (Wildman–Crippen LogP) is 1.95. The summed E-state index contributed by atoms with van der Waals surface area (Å²) in [6.07, 6.45) is 1.10. The molecule has 0 saturated heterocycles. The smallest absolute Gasteiger partial charge is 0.220 e. The average Bonchev–Trinajstić information content (AvgIpc) is 2.44. The van der Waals surface area contributed by atoms with Crippen LogP contribution in [0.5, 0.6) is 5.75 Å². The summed E-state index contributed by atoms with van der Waals surface area (Å²) in [4.78, 5) is 15.0. The number of hydrogen-bond donors (Lipinski definition) is 1. The molecule has 0 fully saturated rings. The fraction of sp³-hybridized carbons (Fsp3) is 0. The summed E-state index contributed by atoms with van der Waals surface area (Å²) in [6, 6.07) is 8.41. The first-order valence-corrected chi connectivity index (χ1v) is 4.62. The lowest BCUT2D eigenvalue weighted by atomic mass is 10.2. The van der Waals surface area contributed by atoms with Crippen LogP contribution in [0.15, 0.2) is 47.4 Å². The van der Waals surface area contributed by atoms with E-state index < -0.39 is 11.2 Å². The molecule has 0 atom stereocenters. The van der Waals surface area contributed by atoms with Crippen LogP contribution < -0.4 is 5.43 Å². The molecule has 0 radical (unpaired) electrons. The minimum absolute atomic E-state index is 0.326. The van der Waals surface area contributed by atoms with Gasteiger partial charge in [0.05, 0.1) is 11.9 Å². The van der Waals surface area contributed by atoms with Crippen LogP contribution in [-0.2, 0) is 0 Å². The zero-order chi connectivity index (χ0) is 11.5. The van der Waals surface area contributed by atoms with Gasteiger partial charge in [-0.3, -0.25) is 9.78 Å². The van der Waals surface area contributed by atoms with E-state index in [0.717, 1.165) is 6.20 Å². The fourth-order valence-corrected chi connectivity index (χ4v) is 1.27. The van der Waals surface area contributed by atoms with Crippen molar-refractivity contribution in [1.29, 1.82) is 0 Å². The Bertz CT molecular complexity index is 567. The van der Waals surface area contributed by atoms with Crippen molar-refractivity contribution in [2.45, 2.75) is 0 Å². The van der Waals surface area contributed by atoms with E-state index in [1.807, 2.05) is 0 Å². The third kappa shape index (κ3) is 2.06. The molecule has 1 N–H and O–H groups in total. The quantitative estimate of drug-likeness (QED) is 0.794. The zero-order valence-electron chi connectivity index (χ0n) is 8.22. The van der Waals surface area contributed by atoms with Gasteiger partial charge in [0.15, 0.2) is 5.75 Å². The molecule has 0 unspecified atom stereocenters. The van der Waals surface area contributed by atoms with Gasteiger partial charge in [-0.05, 0) is 36.4 Å². The average molecular weight is 217 g/mol. The van der Waals surface area contributed by atoms with Gasteiger partial charge in [0.1, 0.15) is 5.82 Å². The molecule has 0 amide bonds. The third-order valence-corrected chi connectivity index (χ3v) is 2.11. The number of hydrogen-bond acceptors (Lipinski definition) is 3. The van der Waals surface area contributed by atoms with Crippen molar-refractivity contribution in [2.75, 3.05) is 0 Å². The molecule has 0 spiro atoms. The second-order valence-electron chi connectivity index (χ2n) is 3.23. The van der Waals surface area contributed by atoms with Crippen molar-refractivity contribution in [3.8, 4) is 17.0 Å². The number of nitrogens with zero attached hydrogens (tertiary/aromatic N) is 1. The molecule has 0 aliphatic carbocycles. The van der Waals surface area contributed by atoms with Crippen LogP contribution in [0, 0.1) is 5.82 Å². The molecule has 1 aromatic carbocycles. The lowest BCUT2D eigenvalue weighted by Crippen LogP contribution is -1.91. The van der Waals surface area contributed by atoms with Crippen molar-refractivity contribution in [3.05, 3.63) is 58.6 Å². The molecule has 0 bridgehead atoms. The van der Waals surface area contributed by atoms with E-state index in [1.165, 1.54) is 30.3 Å². The number of aromatic nitrogens is 1. The predicted molar refractivity (Wildman–Crippen MR) is 57.6 cm³/mol. The van der Waals surface area contributed by atoms with Gasteiger partial charge < -0.3 is 5.11 Å². The molecule has 2 aromatic rings. The van der Waals surface area contributed by atoms with E-state index in [2.05, 4.69) is 4.98 Å². The molecule has 16 heavy (non-hydrogen) atoms. The van der Waals surface area contributed by atoms with Crippen LogP contribution >= 0.6 is 0 Å². The van der Waals surface area contributed by atoms with E-state index in [-0.39, 0.29) is 5.75 Å². The molecule has 3 nitrogen and oxygen atoms in total. The minimum atomic E-state index is -0.464. The first-order chi connectivity index (χ1) is 7.66. The Morgan fingerprint density at radius 3 is 2.50 bits per heavy atom. The van der Waals surface area contributed by atoms with Gasteiger partial charge in [-0.25, -0.2) is 4.39 Å². The van der Waals surface area contributed by atoms with Crippen LogP contribution in [0.1, 0.15) is 0 Å². The standard InChI is InChI=1S/C12H8FNO2/c13-9-3-4-10(14-7-9)8-1-5-11(15)12(16)6-2-8/h1-7H,(H,15,16). The molecule has 2 rings (SSSR count). The summed E-state index contributed by atoms with van der Waals surface area (Å²) in [6.45, 7) is 0. The van der Waals surface area contributed by atoms with Gasteiger partial charge >= 0.3 is 0 Å². The number of halogens is 1. The first-order valence-electron chi connectivity index (χ1n) is 4.62. The van der Waals surface area contributed by atoms with E-state index >= 15 is 0 Å². The Kier molecular flexibility index (Phi) is 2.64. The molecule has 4 heteroatoms. The largest absolute Gasteiger partial charge is 0.504 e. The van der Waals surface area contributed by atoms with Crippen molar-refractivity contribution >= 4 is 0 Å². The van der Waals surface area contributed by atoms with Gasteiger partial charge in [-0.1, -0.05) is 0 Å². The minimum Gasteiger partial charge on any atom is -0.504 e. The maximum absolute atomic E-state index is 12.7. The normalized spacial score (nSPS) is 10.1. The van der Waals surface area contributed by atoms with E-state index in [1.54, 1.807) is 6.07 Å². The lowest BCUT2D eigenvalue weighted by Gasteiger charge is -1.96. The highest BCUT2D eigenvalue weighted by Gasteiger charge is 1.99. The van der Waals surface area contributed by atoms with Crippen LogP contribution in [0.25, 0.3) is 11.3 Å². The highest BCUT2D eigenvalue weighted by atomic mass is 19.1. The maximum atomic E-state index is 12.7. The molecular formula is C12H8FNO2. The summed E-state index contributed by atoms with van der Waals surface area (Å²) < 4.78 is 12.7. The molecule has 0 aliphatic rings. The first kappa shape index (κ1) is 10.3. The highest BCUT2D eigenvalue weighted by molar-refractivity contribution is 5.58. The Morgan fingerprint density at radius 1 is 1.06 bits per heavy atom. The van der Waals surface area contributed by atoms with Crippen molar-refractivity contribution in [2.24, 2.45) is 0 Å². The third-order valence-electron chi connectivity index (χ3n) is 2.11. The van der Waals surface area contributed by atoms with Crippen LogP contribution in [0.2, 0.25) is 0 Å². The number of rotatable bonds is 1. The second kappa shape index (κ2) is 4.10. The summed E-state index contributed by atoms with van der Waals surface area (Å²) in [5.41, 5.74) is 0.710. The van der Waals surface area contributed by atoms with Crippen LogP contribution in [0.4, 0.5) is 4.39 Å². The van der Waals surface area contributed by atoms with Crippen LogP contribution in [-0.4, -0.2) is 10.1 Å². The Hall–Kier alpha value is -2.23. The van der Waals surface area contributed by atoms with Crippen molar-refractivity contribution in [1.82, 2.24) is 4.98 Å². The van der Waals surface area contributed by atoms with Crippen LogP contribution in [0.3, 0.4) is 0 Å². The van der Waals surface area contributed by atoms with Gasteiger partial charge in [0.25, 0.3) is 0 Å². The summed E-state index contributed by atoms with van der Waals surface area (Å²) >= 11 is 0. The summed E-state index contributed by atoms with van der Waals surface area (Å²) in [7, 11) is 0. The molecule has 0 saturated carbocycles. The zero-order valence-corrected chi connectivity index (χ0v) is 8.22. The molecular weight excluding hydrogens is 209 g/mol. The summed E-state index contributed by atoms with van der Waals surface area (Å²) in [5.74, 6) is -0.746. The SMILES string of the molecule is O=c1ccc(-c2ccc(F)cn2)ccc1O. The van der Waals surface area contributed by atoms with Gasteiger partial charge in [0.2, 0.25) is 5.43 Å². The van der Waals surface area contributed by atoms with E-state index in [4.69, 9.17) is 0 Å². The number of pyridine rings is 1. The highest BCUT2D eigenvalue weighted by Crippen LogP contribution is 2.15. The maximum Gasteiger partial charge on any atom is 0.220 e. The van der Waals surface area contributed by atoms with Crippen molar-refractivity contribution < 1.29 is 9.50 Å². The molecule has 0 aliphatic heterocycles. The Balaban J connectivity index is 2.53. The fourth-order valence-electron chi connectivity index (χ4n) is 1.27. The van der Waals surface area contributed by atoms with Gasteiger partial charge in [-0.15, -0.1) is 0 Å². The molecule has 80 valence electrons. The van der Waals surface area contributed by atoms with E-state index in [9.17, 15) is 14.3 Å². The van der Waals surface area contributed by atoms with E-state index in [0.29, 0.717) is 11.3 Å². The summed E-state index contributed by atoms with van der Waals surface area (Å²) in [5, 5.41) is 9.20. The Morgan fingerprint density at radius 2 is 1.81 bits per heavy atom. The van der Waals surface area contributed by atoms with Crippen molar-refractivity contribution in [3.63, 3.8) is 0 Å². The monoisotopic (exact) mass is 217 g/mol. The molecule has 1 heterocycles.